The molecule has 0 unspecified atom stereocenters. The van der Waals surface area contributed by atoms with Crippen LogP contribution in [0.4, 0.5) is 13.2 Å². The molecule has 0 radical (unpaired) electrons. The van der Waals surface area contributed by atoms with Crippen LogP contribution in [0.1, 0.15) is 5.56 Å². The Morgan fingerprint density at radius 3 is 2.40 bits per heavy atom. The Balaban J connectivity index is 2.42. The highest BCUT2D eigenvalue weighted by Crippen LogP contribution is 2.33. The molecule has 0 aliphatic rings. The lowest BCUT2D eigenvalue weighted by Crippen LogP contribution is -2.18. The topological polar surface area (TPSA) is 35.2 Å². The van der Waals surface area contributed by atoms with Crippen molar-refractivity contribution >= 4 is 11.6 Å². The summed E-state index contributed by atoms with van der Waals surface area (Å²) in [5.41, 5.74) is 7.15. The van der Waals surface area contributed by atoms with Gasteiger partial charge in [0.25, 0.3) is 0 Å². The second kappa shape index (κ2) is 5.73. The normalized spacial score (nSPS) is 11.4. The molecule has 0 aliphatic heterocycles. The lowest BCUT2D eigenvalue weighted by Gasteiger charge is -2.14. The van der Waals surface area contributed by atoms with Gasteiger partial charge in [-0.1, -0.05) is 35.9 Å². The highest BCUT2D eigenvalue weighted by molar-refractivity contribution is 6.33. The molecule has 6 heteroatoms. The fourth-order valence-electron chi connectivity index (χ4n) is 1.83. The van der Waals surface area contributed by atoms with Gasteiger partial charge in [0.05, 0.1) is 0 Å². The van der Waals surface area contributed by atoms with E-state index in [1.54, 1.807) is 30.3 Å². The van der Waals surface area contributed by atoms with Crippen LogP contribution in [-0.4, -0.2) is 6.36 Å². The summed E-state index contributed by atoms with van der Waals surface area (Å²) < 4.78 is 40.7. The molecule has 2 aromatic rings. The lowest BCUT2D eigenvalue weighted by molar-refractivity contribution is -0.274. The molecule has 2 rings (SSSR count). The molecule has 2 aromatic carbocycles. The fourth-order valence-corrected chi connectivity index (χ4v) is 2.07. The molecule has 0 aliphatic carbocycles. The van der Waals surface area contributed by atoms with E-state index >= 15 is 0 Å². The Bertz CT molecular complexity index is 614. The largest absolute Gasteiger partial charge is 0.573 e. The molecular formula is C14H11ClF3NO. The molecule has 0 amide bonds. The molecule has 20 heavy (non-hydrogen) atoms. The summed E-state index contributed by atoms with van der Waals surface area (Å²) in [5, 5.41) is 0.514. The number of alkyl halides is 3. The summed E-state index contributed by atoms with van der Waals surface area (Å²) in [5.74, 6) is -0.296. The van der Waals surface area contributed by atoms with Crippen LogP contribution in [0, 0.1) is 0 Å². The van der Waals surface area contributed by atoms with Crippen molar-refractivity contribution in [3.05, 3.63) is 53.1 Å². The standard InChI is InChI=1S/C14H11ClF3NO/c15-12-4-2-1-3-11(12)9-5-6-13(10(7-9)8-19)20-14(16,17)18/h1-7H,8,19H2. The Morgan fingerprint density at radius 1 is 1.10 bits per heavy atom. The number of halogens is 4. The molecule has 106 valence electrons. The van der Waals surface area contributed by atoms with E-state index in [-0.39, 0.29) is 17.9 Å². The molecule has 2 N–H and O–H groups in total. The van der Waals surface area contributed by atoms with Gasteiger partial charge in [-0.15, -0.1) is 13.2 Å². The fraction of sp³-hybridized carbons (Fsp3) is 0.143. The van der Waals surface area contributed by atoms with Crippen molar-refractivity contribution in [2.45, 2.75) is 12.9 Å². The molecular weight excluding hydrogens is 291 g/mol. The lowest BCUT2D eigenvalue weighted by atomic mass is 10.0. The average molecular weight is 302 g/mol. The van der Waals surface area contributed by atoms with Gasteiger partial charge in [0.2, 0.25) is 0 Å². The third-order valence-electron chi connectivity index (χ3n) is 2.69. The second-order valence-electron chi connectivity index (χ2n) is 4.05. The predicted molar refractivity (Wildman–Crippen MR) is 71.5 cm³/mol. The Morgan fingerprint density at radius 2 is 1.80 bits per heavy atom. The maximum absolute atomic E-state index is 12.3. The van der Waals surface area contributed by atoms with Crippen LogP contribution in [0.5, 0.6) is 5.75 Å². The predicted octanol–water partition coefficient (Wildman–Crippen LogP) is 4.36. The molecule has 2 nitrogen and oxygen atoms in total. The highest BCUT2D eigenvalue weighted by atomic mass is 35.5. The van der Waals surface area contributed by atoms with E-state index in [1.807, 2.05) is 0 Å². The molecule has 0 aromatic heterocycles. The molecule has 0 spiro atoms. The first-order valence-corrected chi connectivity index (χ1v) is 6.12. The molecule has 0 saturated heterocycles. The van der Waals surface area contributed by atoms with Crippen molar-refractivity contribution in [2.24, 2.45) is 5.73 Å². The zero-order chi connectivity index (χ0) is 14.8. The third kappa shape index (κ3) is 3.43. The Labute approximate surface area is 118 Å². The maximum atomic E-state index is 12.3. The summed E-state index contributed by atoms with van der Waals surface area (Å²) >= 11 is 6.06. The minimum atomic E-state index is -4.74. The van der Waals surface area contributed by atoms with Crippen LogP contribution >= 0.6 is 11.6 Å². The summed E-state index contributed by atoms with van der Waals surface area (Å²) in [6.07, 6.45) is -4.74. The number of hydrogen-bond donors (Lipinski definition) is 1. The van der Waals surface area contributed by atoms with E-state index in [1.165, 1.54) is 12.1 Å². The van der Waals surface area contributed by atoms with E-state index in [4.69, 9.17) is 17.3 Å². The van der Waals surface area contributed by atoms with E-state index in [0.29, 0.717) is 10.6 Å². The number of benzene rings is 2. The number of ether oxygens (including phenoxy) is 1. The summed E-state index contributed by atoms with van der Waals surface area (Å²) in [6.45, 7) is -0.0658. The van der Waals surface area contributed by atoms with Crippen LogP contribution < -0.4 is 10.5 Å². The zero-order valence-corrected chi connectivity index (χ0v) is 11.0. The van der Waals surface area contributed by atoms with Gasteiger partial charge in [-0.2, -0.15) is 0 Å². The van der Waals surface area contributed by atoms with Gasteiger partial charge in [0, 0.05) is 22.7 Å². The van der Waals surface area contributed by atoms with Crippen molar-refractivity contribution in [3.8, 4) is 16.9 Å². The van der Waals surface area contributed by atoms with Gasteiger partial charge in [0.15, 0.2) is 0 Å². The first-order valence-electron chi connectivity index (χ1n) is 5.74. The monoisotopic (exact) mass is 301 g/mol. The summed E-state index contributed by atoms with van der Waals surface area (Å²) in [7, 11) is 0. The van der Waals surface area contributed by atoms with Gasteiger partial charge in [-0.25, -0.2) is 0 Å². The van der Waals surface area contributed by atoms with Crippen LogP contribution in [0.15, 0.2) is 42.5 Å². The third-order valence-corrected chi connectivity index (χ3v) is 3.02. The van der Waals surface area contributed by atoms with E-state index in [0.717, 1.165) is 5.56 Å². The molecule has 0 saturated carbocycles. The van der Waals surface area contributed by atoms with Gasteiger partial charge in [-0.3, -0.25) is 0 Å². The van der Waals surface area contributed by atoms with E-state index < -0.39 is 6.36 Å². The quantitative estimate of drug-likeness (QED) is 0.914. The number of nitrogens with two attached hydrogens (primary N) is 1. The van der Waals surface area contributed by atoms with Crippen molar-refractivity contribution < 1.29 is 17.9 Å². The molecule has 0 fully saturated rings. The minimum Gasteiger partial charge on any atom is -0.405 e. The van der Waals surface area contributed by atoms with Crippen molar-refractivity contribution in [2.75, 3.05) is 0 Å². The zero-order valence-electron chi connectivity index (χ0n) is 10.2. The highest BCUT2D eigenvalue weighted by Gasteiger charge is 2.32. The van der Waals surface area contributed by atoms with Crippen molar-refractivity contribution in [1.29, 1.82) is 0 Å². The van der Waals surface area contributed by atoms with Gasteiger partial charge in [-0.05, 0) is 23.8 Å². The Hall–Kier alpha value is -1.72. The first-order chi connectivity index (χ1) is 9.40. The first kappa shape index (κ1) is 14.7. The number of hydrogen-bond acceptors (Lipinski definition) is 2. The van der Waals surface area contributed by atoms with Crippen LogP contribution in [-0.2, 0) is 6.54 Å². The van der Waals surface area contributed by atoms with Gasteiger partial charge >= 0.3 is 6.36 Å². The van der Waals surface area contributed by atoms with Crippen molar-refractivity contribution in [3.63, 3.8) is 0 Å². The molecule has 0 bridgehead atoms. The SMILES string of the molecule is NCc1cc(-c2ccccc2Cl)ccc1OC(F)(F)F. The van der Waals surface area contributed by atoms with Gasteiger partial charge < -0.3 is 10.5 Å². The second-order valence-corrected chi connectivity index (χ2v) is 4.46. The van der Waals surface area contributed by atoms with E-state index in [2.05, 4.69) is 4.74 Å². The summed E-state index contributed by atoms with van der Waals surface area (Å²) in [4.78, 5) is 0. The van der Waals surface area contributed by atoms with Crippen LogP contribution in [0.2, 0.25) is 5.02 Å². The van der Waals surface area contributed by atoms with Crippen LogP contribution in [0.3, 0.4) is 0 Å². The smallest absolute Gasteiger partial charge is 0.405 e. The molecule has 0 atom stereocenters. The van der Waals surface area contributed by atoms with Crippen molar-refractivity contribution in [1.82, 2.24) is 0 Å². The minimum absolute atomic E-state index is 0.0658. The number of rotatable bonds is 3. The Kier molecular flexibility index (Phi) is 4.20. The van der Waals surface area contributed by atoms with E-state index in [9.17, 15) is 13.2 Å². The summed E-state index contributed by atoms with van der Waals surface area (Å²) in [6, 6.07) is 11.4. The average Bonchev–Trinajstić information content (AvgIpc) is 2.38. The maximum Gasteiger partial charge on any atom is 0.573 e. The molecule has 0 heterocycles. The van der Waals surface area contributed by atoms with Crippen LogP contribution in [0.25, 0.3) is 11.1 Å². The van der Waals surface area contributed by atoms with Gasteiger partial charge in [0.1, 0.15) is 5.75 Å².